The minimum atomic E-state index is -0.610. The number of aliphatic hydroxyl groups is 1. The summed E-state index contributed by atoms with van der Waals surface area (Å²) in [4.78, 5) is 14.4. The Labute approximate surface area is 141 Å². The van der Waals surface area contributed by atoms with E-state index in [2.05, 4.69) is 10.2 Å². The molecule has 3 rings (SSSR count). The third-order valence-electron chi connectivity index (χ3n) is 4.43. The van der Waals surface area contributed by atoms with Gasteiger partial charge in [0, 0.05) is 31.6 Å². The van der Waals surface area contributed by atoms with Gasteiger partial charge < -0.3 is 19.6 Å². The van der Waals surface area contributed by atoms with Crippen molar-refractivity contribution in [3.8, 4) is 0 Å². The number of carbonyl (C=O) groups is 1. The number of nitrogens with one attached hydrogen (secondary N) is 1. The number of rotatable bonds is 5. The Balaban J connectivity index is 1.56. The van der Waals surface area contributed by atoms with E-state index in [0.717, 1.165) is 29.6 Å². The molecule has 1 aliphatic heterocycles. The molecule has 0 spiro atoms. The van der Waals surface area contributed by atoms with E-state index in [0.29, 0.717) is 25.3 Å². The number of benzene rings is 1. The van der Waals surface area contributed by atoms with Crippen LogP contribution in [0.1, 0.15) is 21.7 Å². The van der Waals surface area contributed by atoms with Crippen LogP contribution in [0, 0.1) is 13.8 Å². The second-order valence-electron chi connectivity index (χ2n) is 6.36. The van der Waals surface area contributed by atoms with Crippen molar-refractivity contribution in [1.82, 2.24) is 10.2 Å². The third-order valence-corrected chi connectivity index (χ3v) is 4.43. The predicted octanol–water partition coefficient (Wildman–Crippen LogP) is 1.47. The molecule has 1 fully saturated rings. The predicted molar refractivity (Wildman–Crippen MR) is 91.3 cm³/mol. The molecule has 6 nitrogen and oxygen atoms in total. The van der Waals surface area contributed by atoms with Gasteiger partial charge in [0.1, 0.15) is 5.58 Å². The van der Waals surface area contributed by atoms with E-state index in [1.165, 1.54) is 0 Å². The van der Waals surface area contributed by atoms with Gasteiger partial charge in [0.15, 0.2) is 5.76 Å². The summed E-state index contributed by atoms with van der Waals surface area (Å²) in [7, 11) is 0. The van der Waals surface area contributed by atoms with Crippen molar-refractivity contribution < 1.29 is 19.1 Å². The quantitative estimate of drug-likeness (QED) is 0.867. The molecular weight excluding hydrogens is 308 g/mol. The van der Waals surface area contributed by atoms with Crippen molar-refractivity contribution in [2.75, 3.05) is 39.4 Å². The topological polar surface area (TPSA) is 74.9 Å². The first kappa shape index (κ1) is 17.0. The Morgan fingerprint density at radius 2 is 1.96 bits per heavy atom. The highest BCUT2D eigenvalue weighted by molar-refractivity contribution is 5.96. The number of β-amino-alcohol motifs (C(OH)–C–C–N with tert-alkyl or cyclic N) is 1. The molecule has 2 N–H and O–H groups in total. The highest BCUT2D eigenvalue weighted by Crippen LogP contribution is 2.23. The molecule has 1 amide bonds. The molecule has 1 saturated heterocycles. The van der Waals surface area contributed by atoms with Crippen LogP contribution in [0.3, 0.4) is 0 Å². The van der Waals surface area contributed by atoms with Gasteiger partial charge in [-0.3, -0.25) is 9.69 Å². The van der Waals surface area contributed by atoms with Crippen LogP contribution in [0.2, 0.25) is 0 Å². The number of amides is 1. The lowest BCUT2D eigenvalue weighted by molar-refractivity contribution is 0.0148. The second kappa shape index (κ2) is 7.34. The standard InChI is InChI=1S/C18H24N2O4/c1-12-7-14-9-17(24-16(14)8-13(12)2)18(22)19-10-15(21)11-20-3-5-23-6-4-20/h7-9,15,21H,3-6,10-11H2,1-2H3,(H,19,22). The SMILES string of the molecule is Cc1cc2cc(C(=O)NCC(O)CN3CCOCC3)oc2cc1C. The zero-order valence-corrected chi connectivity index (χ0v) is 14.2. The molecule has 0 radical (unpaired) electrons. The molecule has 2 heterocycles. The average Bonchev–Trinajstić information content (AvgIpc) is 2.97. The fraction of sp³-hybridized carbons (Fsp3) is 0.500. The third kappa shape index (κ3) is 3.95. The van der Waals surface area contributed by atoms with Crippen LogP contribution in [-0.4, -0.2) is 61.4 Å². The molecule has 24 heavy (non-hydrogen) atoms. The number of aryl methyl sites for hydroxylation is 2. The molecule has 1 aromatic heterocycles. The lowest BCUT2D eigenvalue weighted by atomic mass is 10.1. The van der Waals surface area contributed by atoms with Crippen LogP contribution in [0.25, 0.3) is 11.0 Å². The Bertz CT molecular complexity index is 680. The largest absolute Gasteiger partial charge is 0.451 e. The van der Waals surface area contributed by atoms with Gasteiger partial charge in [-0.2, -0.15) is 0 Å². The van der Waals surface area contributed by atoms with Crippen molar-refractivity contribution in [3.63, 3.8) is 0 Å². The van der Waals surface area contributed by atoms with Gasteiger partial charge in [0.25, 0.3) is 5.91 Å². The number of carbonyl (C=O) groups excluding carboxylic acids is 1. The van der Waals surface area contributed by atoms with Crippen LogP contribution in [0.4, 0.5) is 0 Å². The number of fused-ring (bicyclic) bond motifs is 1. The summed E-state index contributed by atoms with van der Waals surface area (Å²) >= 11 is 0. The van der Waals surface area contributed by atoms with Gasteiger partial charge in [-0.1, -0.05) is 0 Å². The van der Waals surface area contributed by atoms with Gasteiger partial charge >= 0.3 is 0 Å². The molecule has 0 bridgehead atoms. The Hall–Kier alpha value is -1.89. The first-order valence-corrected chi connectivity index (χ1v) is 8.30. The van der Waals surface area contributed by atoms with E-state index in [-0.39, 0.29) is 18.2 Å². The van der Waals surface area contributed by atoms with E-state index in [1.807, 2.05) is 26.0 Å². The monoisotopic (exact) mass is 332 g/mol. The number of morpholine rings is 1. The van der Waals surface area contributed by atoms with Crippen molar-refractivity contribution in [3.05, 3.63) is 35.1 Å². The summed E-state index contributed by atoms with van der Waals surface area (Å²) in [5, 5.41) is 13.7. The van der Waals surface area contributed by atoms with E-state index < -0.39 is 6.10 Å². The minimum absolute atomic E-state index is 0.200. The van der Waals surface area contributed by atoms with E-state index in [1.54, 1.807) is 6.07 Å². The second-order valence-corrected chi connectivity index (χ2v) is 6.36. The number of furan rings is 1. The first-order chi connectivity index (χ1) is 11.5. The molecule has 0 saturated carbocycles. The van der Waals surface area contributed by atoms with E-state index in [4.69, 9.17) is 9.15 Å². The van der Waals surface area contributed by atoms with Gasteiger partial charge in [-0.05, 0) is 43.2 Å². The maximum Gasteiger partial charge on any atom is 0.287 e. The molecule has 1 atom stereocenters. The van der Waals surface area contributed by atoms with Crippen LogP contribution in [-0.2, 0) is 4.74 Å². The lowest BCUT2D eigenvalue weighted by Crippen LogP contribution is -2.44. The molecule has 1 aliphatic rings. The Morgan fingerprint density at radius 3 is 2.71 bits per heavy atom. The molecule has 130 valence electrons. The van der Waals surface area contributed by atoms with Gasteiger partial charge in [-0.25, -0.2) is 0 Å². The maximum absolute atomic E-state index is 12.2. The van der Waals surface area contributed by atoms with Crippen LogP contribution < -0.4 is 5.32 Å². The summed E-state index contributed by atoms with van der Waals surface area (Å²) in [6.07, 6.45) is -0.610. The highest BCUT2D eigenvalue weighted by Gasteiger charge is 2.17. The van der Waals surface area contributed by atoms with Crippen molar-refractivity contribution in [2.45, 2.75) is 20.0 Å². The molecule has 6 heteroatoms. The van der Waals surface area contributed by atoms with Crippen LogP contribution in [0.15, 0.2) is 22.6 Å². The molecular formula is C18H24N2O4. The fourth-order valence-electron chi connectivity index (χ4n) is 2.86. The summed E-state index contributed by atoms with van der Waals surface area (Å²) in [6, 6.07) is 5.69. The van der Waals surface area contributed by atoms with Crippen molar-refractivity contribution in [2.24, 2.45) is 0 Å². The smallest absolute Gasteiger partial charge is 0.287 e. The number of aliphatic hydroxyl groups excluding tert-OH is 1. The summed E-state index contributed by atoms with van der Waals surface area (Å²) < 4.78 is 10.9. The van der Waals surface area contributed by atoms with Crippen LogP contribution >= 0.6 is 0 Å². The van der Waals surface area contributed by atoms with Crippen LogP contribution in [0.5, 0.6) is 0 Å². The summed E-state index contributed by atoms with van der Waals surface area (Å²) in [5.74, 6) is -0.0314. The zero-order chi connectivity index (χ0) is 17.1. The highest BCUT2D eigenvalue weighted by atomic mass is 16.5. The summed E-state index contributed by atoms with van der Waals surface area (Å²) in [5.41, 5.74) is 3.00. The number of nitrogens with zero attached hydrogens (tertiary/aromatic N) is 1. The maximum atomic E-state index is 12.2. The lowest BCUT2D eigenvalue weighted by Gasteiger charge is -2.28. The summed E-state index contributed by atoms with van der Waals surface area (Å²) in [6.45, 7) is 7.78. The zero-order valence-electron chi connectivity index (χ0n) is 14.2. The molecule has 0 aliphatic carbocycles. The van der Waals surface area contributed by atoms with Gasteiger partial charge in [0.05, 0.1) is 19.3 Å². The normalized spacial score (nSPS) is 17.1. The minimum Gasteiger partial charge on any atom is -0.451 e. The number of hydrogen-bond donors (Lipinski definition) is 2. The molecule has 1 aromatic carbocycles. The Kier molecular flexibility index (Phi) is 5.18. The van der Waals surface area contributed by atoms with Crippen molar-refractivity contribution in [1.29, 1.82) is 0 Å². The molecule has 2 aromatic rings. The van der Waals surface area contributed by atoms with E-state index >= 15 is 0 Å². The van der Waals surface area contributed by atoms with Gasteiger partial charge in [0.2, 0.25) is 0 Å². The Morgan fingerprint density at radius 1 is 1.25 bits per heavy atom. The average molecular weight is 332 g/mol. The fourth-order valence-corrected chi connectivity index (χ4v) is 2.86. The number of ether oxygens (including phenoxy) is 1. The number of hydrogen-bond acceptors (Lipinski definition) is 5. The van der Waals surface area contributed by atoms with Gasteiger partial charge in [-0.15, -0.1) is 0 Å². The van der Waals surface area contributed by atoms with E-state index in [9.17, 15) is 9.90 Å². The van der Waals surface area contributed by atoms with Crippen molar-refractivity contribution >= 4 is 16.9 Å². The molecule has 1 unspecified atom stereocenters. The first-order valence-electron chi connectivity index (χ1n) is 8.30.